The largest absolute Gasteiger partial charge is 0.354 e. The van der Waals surface area contributed by atoms with Crippen LogP contribution in [-0.2, 0) is 27.3 Å². The second-order valence-electron chi connectivity index (χ2n) is 11.3. The summed E-state index contributed by atoms with van der Waals surface area (Å²) in [6.45, 7) is 5.72. The molecule has 0 spiro atoms. The highest BCUT2D eigenvalue weighted by molar-refractivity contribution is 5.92. The van der Waals surface area contributed by atoms with E-state index in [2.05, 4.69) is 31.0 Å². The van der Waals surface area contributed by atoms with Gasteiger partial charge >= 0.3 is 0 Å². The highest BCUT2D eigenvalue weighted by Gasteiger charge is 2.30. The number of amides is 4. The molecule has 3 N–H and O–H groups in total. The number of nitrogens with zero attached hydrogens (tertiary/aromatic N) is 5. The summed E-state index contributed by atoms with van der Waals surface area (Å²) in [6.07, 6.45) is 1.47. The number of rotatable bonds is 4. The maximum atomic E-state index is 14.4. The summed E-state index contributed by atoms with van der Waals surface area (Å²) in [5.74, 6) is -3.26. The van der Waals surface area contributed by atoms with Gasteiger partial charge in [0.05, 0.1) is 12.2 Å². The number of hydrogen-bond donors (Lipinski definition) is 3. The minimum atomic E-state index is -1.10. The number of nitrogens with one attached hydrogen (secondary N) is 3. The third-order valence-electron chi connectivity index (χ3n) is 7.33. The molecule has 0 radical (unpaired) electrons. The van der Waals surface area contributed by atoms with Crippen LogP contribution in [0.4, 0.5) is 8.78 Å². The quantitative estimate of drug-likeness (QED) is 0.403. The maximum absolute atomic E-state index is 14.4. The van der Waals surface area contributed by atoms with E-state index in [1.807, 2.05) is 44.2 Å². The zero-order chi connectivity index (χ0) is 32.5. The van der Waals surface area contributed by atoms with E-state index >= 15 is 0 Å². The molecule has 3 aromatic rings. The first-order valence-corrected chi connectivity index (χ1v) is 14.9. The summed E-state index contributed by atoms with van der Waals surface area (Å²) in [5.41, 5.74) is 0.294. The number of benzene rings is 1. The number of aromatic nitrogens is 4. The summed E-state index contributed by atoms with van der Waals surface area (Å²) in [5, 5.41) is 13.0. The van der Waals surface area contributed by atoms with E-state index in [1.165, 1.54) is 9.58 Å². The smallest absolute Gasteiger partial charge is 0.275 e. The molecule has 4 amide bonds. The molecule has 0 saturated carbocycles. The minimum absolute atomic E-state index is 0.0282. The van der Waals surface area contributed by atoms with E-state index in [4.69, 9.17) is 0 Å². The second kappa shape index (κ2) is 15.3. The zero-order valence-electron chi connectivity index (χ0n) is 25.6. The Balaban J connectivity index is 1.61. The molecule has 45 heavy (non-hydrogen) atoms. The molecule has 4 rings (SSSR count). The van der Waals surface area contributed by atoms with Crippen LogP contribution in [0.1, 0.15) is 66.9 Å². The SMILES string of the molecule is Cc1nc2n(n1)CC(=O)NCCCN(C(=O)c1ncc(F)cc1F)CCCC(=O)N[C@H](Cc1ccccc1)C(=O)N[C@H]2C(C)C. The van der Waals surface area contributed by atoms with Crippen molar-refractivity contribution in [2.24, 2.45) is 5.92 Å². The molecule has 2 aromatic heterocycles. The van der Waals surface area contributed by atoms with Gasteiger partial charge in [0.25, 0.3) is 5.91 Å². The molecule has 3 heterocycles. The maximum Gasteiger partial charge on any atom is 0.275 e. The topological polar surface area (TPSA) is 151 Å². The van der Waals surface area contributed by atoms with Crippen LogP contribution < -0.4 is 16.0 Å². The van der Waals surface area contributed by atoms with E-state index < -0.39 is 47.1 Å². The standard InChI is InChI=1S/C31H38F2N8O4/c1-19(2)27-29-36-20(3)39-41(29)18-26(43)34-12-8-14-40(31(45)28-23(33)16-22(32)17-35-28)13-7-11-25(42)37-24(30(44)38-27)15-21-9-5-4-6-10-21/h4-6,9-10,16-17,19,24,27H,7-8,11-15,18H2,1-3H3,(H,34,43)(H,37,42)(H,38,44)/t24-,27+/m1/s1. The first kappa shape index (κ1) is 33.1. The molecule has 0 saturated heterocycles. The summed E-state index contributed by atoms with van der Waals surface area (Å²) in [6, 6.07) is 8.30. The summed E-state index contributed by atoms with van der Waals surface area (Å²) < 4.78 is 29.3. The fourth-order valence-electron chi connectivity index (χ4n) is 5.08. The van der Waals surface area contributed by atoms with Crippen molar-refractivity contribution in [1.82, 2.24) is 40.6 Å². The number of carbonyl (C=O) groups excluding carboxylic acids is 4. The average molecular weight is 625 g/mol. The van der Waals surface area contributed by atoms with Crippen LogP contribution in [0.25, 0.3) is 0 Å². The zero-order valence-corrected chi connectivity index (χ0v) is 25.6. The minimum Gasteiger partial charge on any atom is -0.354 e. The van der Waals surface area contributed by atoms with E-state index in [0.717, 1.165) is 11.8 Å². The molecule has 2 atom stereocenters. The van der Waals surface area contributed by atoms with Gasteiger partial charge < -0.3 is 20.9 Å². The molecule has 12 nitrogen and oxygen atoms in total. The third-order valence-corrected chi connectivity index (χ3v) is 7.33. The molecular formula is C31H38F2N8O4. The highest BCUT2D eigenvalue weighted by atomic mass is 19.1. The summed E-state index contributed by atoms with van der Waals surface area (Å²) in [7, 11) is 0. The van der Waals surface area contributed by atoms with Gasteiger partial charge in [-0.15, -0.1) is 0 Å². The number of hydrogen-bond acceptors (Lipinski definition) is 7. The summed E-state index contributed by atoms with van der Waals surface area (Å²) in [4.78, 5) is 62.4. The van der Waals surface area contributed by atoms with Crippen molar-refractivity contribution in [3.63, 3.8) is 0 Å². The second-order valence-corrected chi connectivity index (χ2v) is 11.3. The molecule has 14 heteroatoms. The monoisotopic (exact) mass is 624 g/mol. The van der Waals surface area contributed by atoms with Crippen molar-refractivity contribution in [2.75, 3.05) is 19.6 Å². The third kappa shape index (κ3) is 9.13. The fraction of sp³-hybridized carbons (Fsp3) is 0.452. The van der Waals surface area contributed by atoms with Crippen LogP contribution in [0, 0.1) is 24.5 Å². The number of halogens is 2. The first-order valence-electron chi connectivity index (χ1n) is 14.9. The normalized spacial score (nSPS) is 19.2. The molecule has 0 aliphatic carbocycles. The van der Waals surface area contributed by atoms with Crippen LogP contribution in [0.5, 0.6) is 0 Å². The Bertz CT molecular complexity index is 1510. The van der Waals surface area contributed by atoms with E-state index in [-0.39, 0.29) is 57.3 Å². The van der Waals surface area contributed by atoms with Gasteiger partial charge in [-0.05, 0) is 31.2 Å². The number of pyridine rings is 1. The molecule has 0 fully saturated rings. The lowest BCUT2D eigenvalue weighted by atomic mass is 10.0. The van der Waals surface area contributed by atoms with Crippen LogP contribution in [0.3, 0.4) is 0 Å². The van der Waals surface area contributed by atoms with Gasteiger partial charge in [0.1, 0.15) is 24.2 Å². The lowest BCUT2D eigenvalue weighted by molar-refractivity contribution is -0.129. The van der Waals surface area contributed by atoms with Gasteiger partial charge in [-0.1, -0.05) is 44.2 Å². The van der Waals surface area contributed by atoms with Gasteiger partial charge in [-0.3, -0.25) is 19.2 Å². The molecule has 1 aliphatic rings. The van der Waals surface area contributed by atoms with Gasteiger partial charge in [-0.2, -0.15) is 5.10 Å². The molecule has 0 unspecified atom stereocenters. The molecule has 1 aliphatic heterocycles. The molecular weight excluding hydrogens is 586 g/mol. The Morgan fingerprint density at radius 2 is 1.78 bits per heavy atom. The van der Waals surface area contributed by atoms with Crippen LogP contribution in [-0.4, -0.2) is 74.0 Å². The van der Waals surface area contributed by atoms with Crippen LogP contribution in [0.15, 0.2) is 42.6 Å². The summed E-state index contributed by atoms with van der Waals surface area (Å²) >= 11 is 0. The number of aryl methyl sites for hydroxylation is 1. The van der Waals surface area contributed by atoms with Crippen molar-refractivity contribution < 1.29 is 28.0 Å². The average Bonchev–Trinajstić information content (AvgIpc) is 3.35. The Kier molecular flexibility index (Phi) is 11.3. The first-order chi connectivity index (χ1) is 21.5. The Labute approximate surface area is 260 Å². The Morgan fingerprint density at radius 1 is 1.04 bits per heavy atom. The van der Waals surface area contributed by atoms with Crippen molar-refractivity contribution >= 4 is 23.6 Å². The highest BCUT2D eigenvalue weighted by Crippen LogP contribution is 2.21. The fourth-order valence-corrected chi connectivity index (χ4v) is 5.08. The van der Waals surface area contributed by atoms with Crippen molar-refractivity contribution in [1.29, 1.82) is 0 Å². The van der Waals surface area contributed by atoms with Gasteiger partial charge in [0.2, 0.25) is 17.7 Å². The molecule has 240 valence electrons. The molecule has 0 bridgehead atoms. The van der Waals surface area contributed by atoms with Crippen LogP contribution in [0.2, 0.25) is 0 Å². The van der Waals surface area contributed by atoms with Gasteiger partial charge in [0.15, 0.2) is 17.3 Å². The number of fused-ring (bicyclic) bond motifs is 1. The lowest BCUT2D eigenvalue weighted by Crippen LogP contribution is -2.50. The van der Waals surface area contributed by atoms with E-state index in [1.54, 1.807) is 6.92 Å². The Morgan fingerprint density at radius 3 is 2.49 bits per heavy atom. The van der Waals surface area contributed by atoms with Crippen LogP contribution >= 0.6 is 0 Å². The Hall–Kier alpha value is -4.75. The van der Waals surface area contributed by atoms with Gasteiger partial charge in [0, 0.05) is 38.5 Å². The van der Waals surface area contributed by atoms with E-state index in [9.17, 15) is 28.0 Å². The lowest BCUT2D eigenvalue weighted by Gasteiger charge is -2.26. The predicted molar refractivity (Wildman–Crippen MR) is 159 cm³/mol. The van der Waals surface area contributed by atoms with E-state index in [0.29, 0.717) is 24.1 Å². The van der Waals surface area contributed by atoms with Crippen molar-refractivity contribution in [3.8, 4) is 0 Å². The van der Waals surface area contributed by atoms with Gasteiger partial charge in [-0.25, -0.2) is 23.4 Å². The van der Waals surface area contributed by atoms with Crippen molar-refractivity contribution in [2.45, 2.75) is 65.1 Å². The predicted octanol–water partition coefficient (Wildman–Crippen LogP) is 2.24. The number of carbonyl (C=O) groups is 4. The molecule has 1 aromatic carbocycles. The van der Waals surface area contributed by atoms with Crippen molar-refractivity contribution in [3.05, 3.63) is 77.1 Å².